The van der Waals surface area contributed by atoms with Gasteiger partial charge in [-0.2, -0.15) is 0 Å². The number of aryl methyl sites for hydroxylation is 2. The maximum atomic E-state index is 12.2. The van der Waals surface area contributed by atoms with Gasteiger partial charge < -0.3 is 5.32 Å². The van der Waals surface area contributed by atoms with Crippen LogP contribution < -0.4 is 9.62 Å². The van der Waals surface area contributed by atoms with Crippen LogP contribution in [0.4, 0.5) is 5.69 Å². The van der Waals surface area contributed by atoms with Gasteiger partial charge in [0.05, 0.1) is 18.5 Å². The van der Waals surface area contributed by atoms with Crippen LogP contribution in [0.1, 0.15) is 24.5 Å². The topological polar surface area (TPSA) is 66.5 Å². The largest absolute Gasteiger partial charge is 0.354 e. The second-order valence-corrected chi connectivity index (χ2v) is 8.06. The summed E-state index contributed by atoms with van der Waals surface area (Å²) in [6.45, 7) is 2.48. The van der Waals surface area contributed by atoms with E-state index in [1.165, 1.54) is 10.6 Å². The van der Waals surface area contributed by atoms with Crippen molar-refractivity contribution in [2.45, 2.75) is 26.2 Å². The summed E-state index contributed by atoms with van der Waals surface area (Å²) >= 11 is 0. The van der Waals surface area contributed by atoms with E-state index in [9.17, 15) is 13.2 Å². The highest BCUT2D eigenvalue weighted by Gasteiger charge is 2.19. The van der Waals surface area contributed by atoms with Gasteiger partial charge in [0, 0.05) is 13.0 Å². The van der Waals surface area contributed by atoms with Crippen LogP contribution in [0.2, 0.25) is 0 Å². The number of nitrogens with zero attached hydrogens (tertiary/aromatic N) is 1. The molecule has 0 aliphatic rings. The summed E-state index contributed by atoms with van der Waals surface area (Å²) in [6, 6.07) is 17.3. The Morgan fingerprint density at radius 1 is 1.04 bits per heavy atom. The van der Waals surface area contributed by atoms with Gasteiger partial charge in [0.1, 0.15) is 0 Å². The third-order valence-electron chi connectivity index (χ3n) is 4.16. The van der Waals surface area contributed by atoms with Crippen molar-refractivity contribution in [3.05, 3.63) is 65.7 Å². The first-order valence-electron chi connectivity index (χ1n) is 8.78. The highest BCUT2D eigenvalue weighted by atomic mass is 32.2. The number of sulfonamides is 1. The molecule has 0 heterocycles. The number of nitrogens with one attached hydrogen (secondary N) is 1. The van der Waals surface area contributed by atoms with Crippen molar-refractivity contribution in [3.8, 4) is 0 Å². The summed E-state index contributed by atoms with van der Waals surface area (Å²) in [5.74, 6) is -0.0777. The average molecular weight is 375 g/mol. The van der Waals surface area contributed by atoms with Crippen LogP contribution in [0.5, 0.6) is 0 Å². The lowest BCUT2D eigenvalue weighted by molar-refractivity contribution is -0.120. The van der Waals surface area contributed by atoms with Gasteiger partial charge in [0.2, 0.25) is 15.9 Å². The minimum Gasteiger partial charge on any atom is -0.354 e. The van der Waals surface area contributed by atoms with Crippen molar-refractivity contribution in [1.29, 1.82) is 0 Å². The van der Waals surface area contributed by atoms with Crippen molar-refractivity contribution >= 4 is 21.6 Å². The lowest BCUT2D eigenvalue weighted by Gasteiger charge is -2.24. The fraction of sp³-hybridized carbons (Fsp3) is 0.350. The molecule has 0 unspecified atom stereocenters. The van der Waals surface area contributed by atoms with Crippen LogP contribution in [0, 0.1) is 0 Å². The average Bonchev–Trinajstić information content (AvgIpc) is 2.63. The maximum absolute atomic E-state index is 12.2. The van der Waals surface area contributed by atoms with Gasteiger partial charge in [-0.25, -0.2) is 8.42 Å². The monoisotopic (exact) mass is 374 g/mol. The highest BCUT2D eigenvalue weighted by molar-refractivity contribution is 7.92. The van der Waals surface area contributed by atoms with Crippen LogP contribution in [0.3, 0.4) is 0 Å². The minimum atomic E-state index is -3.42. The fourth-order valence-electron chi connectivity index (χ4n) is 2.81. The van der Waals surface area contributed by atoms with Gasteiger partial charge in [-0.15, -0.1) is 0 Å². The number of para-hydroxylation sites is 1. The Morgan fingerprint density at radius 3 is 2.35 bits per heavy atom. The molecule has 1 N–H and O–H groups in total. The molecule has 2 aromatic carbocycles. The van der Waals surface area contributed by atoms with Crippen molar-refractivity contribution in [1.82, 2.24) is 5.32 Å². The lowest BCUT2D eigenvalue weighted by atomic mass is 10.1. The zero-order valence-electron chi connectivity index (χ0n) is 15.3. The van der Waals surface area contributed by atoms with E-state index in [4.69, 9.17) is 0 Å². The first kappa shape index (κ1) is 20.0. The molecule has 2 aromatic rings. The molecule has 0 aliphatic carbocycles. The first-order chi connectivity index (χ1) is 12.4. The van der Waals surface area contributed by atoms with Gasteiger partial charge >= 0.3 is 0 Å². The van der Waals surface area contributed by atoms with Crippen molar-refractivity contribution < 1.29 is 13.2 Å². The Bertz CT molecular complexity index is 820. The van der Waals surface area contributed by atoms with E-state index in [0.29, 0.717) is 18.5 Å². The SMILES string of the molecule is CCc1ccccc1N(CCNC(=O)CCc1ccccc1)S(C)(=O)=O. The van der Waals surface area contributed by atoms with Gasteiger partial charge in [0.25, 0.3) is 0 Å². The summed E-state index contributed by atoms with van der Waals surface area (Å²) in [7, 11) is -3.42. The standard InChI is InChI=1S/C20H26N2O3S/c1-3-18-11-7-8-12-19(18)22(26(2,24)25)16-15-21-20(23)14-13-17-9-5-4-6-10-17/h4-12H,3,13-16H2,1-2H3,(H,21,23). The molecule has 0 spiro atoms. The van der Waals surface area contributed by atoms with E-state index in [1.54, 1.807) is 6.07 Å². The fourth-order valence-corrected chi connectivity index (χ4v) is 3.76. The number of anilines is 1. The molecule has 0 fully saturated rings. The zero-order valence-corrected chi connectivity index (χ0v) is 16.1. The van der Waals surface area contributed by atoms with Gasteiger partial charge in [-0.05, 0) is 30.0 Å². The molecule has 0 saturated carbocycles. The number of rotatable bonds is 9. The molecule has 0 radical (unpaired) electrons. The van der Waals surface area contributed by atoms with E-state index in [0.717, 1.165) is 17.5 Å². The molecule has 0 atom stereocenters. The van der Waals surface area contributed by atoms with E-state index in [2.05, 4.69) is 5.32 Å². The third-order valence-corrected chi connectivity index (χ3v) is 5.34. The number of benzene rings is 2. The summed E-state index contributed by atoms with van der Waals surface area (Å²) in [6.07, 6.45) is 2.98. The second kappa shape index (κ2) is 9.38. The molecule has 0 aliphatic heterocycles. The molecule has 2 rings (SSSR count). The van der Waals surface area contributed by atoms with E-state index in [-0.39, 0.29) is 19.0 Å². The smallest absolute Gasteiger partial charge is 0.232 e. The summed E-state index contributed by atoms with van der Waals surface area (Å²) in [4.78, 5) is 12.0. The molecule has 0 bridgehead atoms. The van der Waals surface area contributed by atoms with E-state index >= 15 is 0 Å². The molecular formula is C20H26N2O3S. The zero-order chi connectivity index (χ0) is 19.0. The second-order valence-electron chi connectivity index (χ2n) is 6.15. The summed E-state index contributed by atoms with van der Waals surface area (Å²) in [5.41, 5.74) is 2.75. The number of carbonyl (C=O) groups excluding carboxylic acids is 1. The molecule has 0 saturated heterocycles. The van der Waals surface area contributed by atoms with Gasteiger partial charge in [-0.1, -0.05) is 55.5 Å². The van der Waals surface area contributed by atoms with Crippen LogP contribution in [-0.2, 0) is 27.7 Å². The molecule has 140 valence electrons. The first-order valence-corrected chi connectivity index (χ1v) is 10.6. The molecule has 6 heteroatoms. The Balaban J connectivity index is 1.93. The van der Waals surface area contributed by atoms with Gasteiger partial charge in [0.15, 0.2) is 0 Å². The van der Waals surface area contributed by atoms with E-state index < -0.39 is 10.0 Å². The van der Waals surface area contributed by atoms with Crippen LogP contribution >= 0.6 is 0 Å². The third kappa shape index (κ3) is 5.88. The Labute approximate surface area is 156 Å². The molecule has 26 heavy (non-hydrogen) atoms. The number of hydrogen-bond acceptors (Lipinski definition) is 3. The number of hydrogen-bond donors (Lipinski definition) is 1. The van der Waals surface area contributed by atoms with Crippen LogP contribution in [-0.4, -0.2) is 33.7 Å². The predicted molar refractivity (Wildman–Crippen MR) is 106 cm³/mol. The summed E-state index contributed by atoms with van der Waals surface area (Å²) < 4.78 is 25.8. The Hall–Kier alpha value is -2.34. The predicted octanol–water partition coefficient (Wildman–Crippen LogP) is 2.76. The Morgan fingerprint density at radius 2 is 1.69 bits per heavy atom. The molecule has 5 nitrogen and oxygen atoms in total. The van der Waals surface area contributed by atoms with Crippen LogP contribution in [0.15, 0.2) is 54.6 Å². The van der Waals surface area contributed by atoms with Crippen molar-refractivity contribution in [2.24, 2.45) is 0 Å². The Kier molecular flexibility index (Phi) is 7.21. The van der Waals surface area contributed by atoms with E-state index in [1.807, 2.05) is 55.5 Å². The van der Waals surface area contributed by atoms with Crippen LogP contribution in [0.25, 0.3) is 0 Å². The normalized spacial score (nSPS) is 11.2. The number of carbonyl (C=O) groups is 1. The van der Waals surface area contributed by atoms with Crippen molar-refractivity contribution in [3.63, 3.8) is 0 Å². The molecule has 0 aromatic heterocycles. The molecular weight excluding hydrogens is 348 g/mol. The van der Waals surface area contributed by atoms with Crippen molar-refractivity contribution in [2.75, 3.05) is 23.7 Å². The minimum absolute atomic E-state index is 0.0777. The number of amides is 1. The quantitative estimate of drug-likeness (QED) is 0.734. The molecule has 1 amide bonds. The highest BCUT2D eigenvalue weighted by Crippen LogP contribution is 2.22. The van der Waals surface area contributed by atoms with Gasteiger partial charge in [-0.3, -0.25) is 9.10 Å². The maximum Gasteiger partial charge on any atom is 0.232 e. The summed E-state index contributed by atoms with van der Waals surface area (Å²) in [5, 5.41) is 2.82. The lowest BCUT2D eigenvalue weighted by Crippen LogP contribution is -2.38.